The fourth-order valence-electron chi connectivity index (χ4n) is 10.1. The molecule has 12 unspecified atom stereocenters. The van der Waals surface area contributed by atoms with Gasteiger partial charge in [-0.3, -0.25) is 4.79 Å². The number of aliphatic hydroxyl groups is 3. The van der Waals surface area contributed by atoms with E-state index in [0.29, 0.717) is 55.0 Å². The van der Waals surface area contributed by atoms with E-state index in [1.807, 2.05) is 6.92 Å². The van der Waals surface area contributed by atoms with Crippen LogP contribution in [0.1, 0.15) is 105 Å². The lowest BCUT2D eigenvalue weighted by Crippen LogP contribution is -2.58. The van der Waals surface area contributed by atoms with Gasteiger partial charge >= 0.3 is 5.97 Å². The third-order valence-electron chi connectivity index (χ3n) is 12.1. The van der Waals surface area contributed by atoms with Gasteiger partial charge in [0.15, 0.2) is 6.29 Å². The fourth-order valence-corrected chi connectivity index (χ4v) is 10.1. The molecule has 5 fully saturated rings. The van der Waals surface area contributed by atoms with E-state index in [1.54, 1.807) is 0 Å². The normalized spacial score (nSPS) is 50.4. The highest BCUT2D eigenvalue weighted by Gasteiger charge is 2.62. The molecule has 5 rings (SSSR count). The summed E-state index contributed by atoms with van der Waals surface area (Å²) in [6, 6.07) is 0. The first-order valence-electron chi connectivity index (χ1n) is 14.8. The molecule has 1 heterocycles. The number of rotatable bonds is 6. The van der Waals surface area contributed by atoms with Gasteiger partial charge in [-0.1, -0.05) is 20.8 Å². The summed E-state index contributed by atoms with van der Waals surface area (Å²) < 4.78 is 11.0. The third-order valence-corrected chi connectivity index (χ3v) is 12.1. The number of carbonyl (C=O) groups is 1. The maximum absolute atomic E-state index is 11.7. The highest BCUT2D eigenvalue weighted by Crippen LogP contribution is 2.68. The van der Waals surface area contributed by atoms with Gasteiger partial charge in [-0.2, -0.15) is 0 Å². The van der Waals surface area contributed by atoms with Crippen molar-refractivity contribution in [2.24, 2.45) is 46.3 Å². The van der Waals surface area contributed by atoms with Crippen molar-refractivity contribution < 1.29 is 29.6 Å². The lowest BCUT2D eigenvalue weighted by molar-refractivity contribution is -0.209. The zero-order valence-electron chi connectivity index (χ0n) is 23.0. The molecule has 206 valence electrons. The lowest BCUT2D eigenvalue weighted by Gasteiger charge is -2.62. The van der Waals surface area contributed by atoms with Crippen molar-refractivity contribution in [3.05, 3.63) is 0 Å². The van der Waals surface area contributed by atoms with E-state index in [4.69, 9.17) is 9.47 Å². The summed E-state index contributed by atoms with van der Waals surface area (Å²) in [5, 5.41) is 32.4. The van der Waals surface area contributed by atoms with E-state index in [2.05, 4.69) is 20.8 Å². The Hall–Kier alpha value is -0.690. The van der Waals surface area contributed by atoms with Gasteiger partial charge < -0.3 is 24.8 Å². The van der Waals surface area contributed by atoms with Gasteiger partial charge in [0.1, 0.15) is 0 Å². The monoisotopic (exact) mass is 506 g/mol. The van der Waals surface area contributed by atoms with Crippen LogP contribution >= 0.6 is 0 Å². The van der Waals surface area contributed by atoms with Crippen molar-refractivity contribution in [2.75, 3.05) is 6.61 Å². The zero-order valence-corrected chi connectivity index (χ0v) is 23.0. The minimum Gasteiger partial charge on any atom is -0.465 e. The van der Waals surface area contributed by atoms with Gasteiger partial charge in [0, 0.05) is 6.42 Å². The van der Waals surface area contributed by atoms with E-state index >= 15 is 0 Å². The van der Waals surface area contributed by atoms with Gasteiger partial charge in [0.2, 0.25) is 0 Å². The molecule has 0 bridgehead atoms. The number of ether oxygens (including phenoxy) is 2. The summed E-state index contributed by atoms with van der Waals surface area (Å²) >= 11 is 0. The molecule has 0 aromatic heterocycles. The Kier molecular flexibility index (Phi) is 7.33. The minimum absolute atomic E-state index is 0.189. The largest absolute Gasteiger partial charge is 0.465 e. The molecule has 12 atom stereocenters. The molecular formula is C30H50O6. The van der Waals surface area contributed by atoms with Crippen LogP contribution in [0.2, 0.25) is 0 Å². The van der Waals surface area contributed by atoms with E-state index in [0.717, 1.165) is 32.1 Å². The van der Waals surface area contributed by atoms with Gasteiger partial charge in [-0.05, 0) is 117 Å². The molecule has 6 nitrogen and oxygen atoms in total. The first kappa shape index (κ1) is 26.9. The van der Waals surface area contributed by atoms with E-state index < -0.39 is 11.9 Å². The molecule has 1 aliphatic heterocycles. The van der Waals surface area contributed by atoms with E-state index in [1.165, 1.54) is 25.7 Å². The summed E-state index contributed by atoms with van der Waals surface area (Å²) in [5.41, 5.74) is -0.137. The predicted octanol–water partition coefficient (Wildman–Crippen LogP) is 4.82. The Morgan fingerprint density at radius 2 is 1.69 bits per heavy atom. The molecule has 4 aliphatic carbocycles. The zero-order chi connectivity index (χ0) is 25.9. The summed E-state index contributed by atoms with van der Waals surface area (Å²) in [5.74, 6) is 2.80. The molecule has 3 N–H and O–H groups in total. The van der Waals surface area contributed by atoms with Crippen LogP contribution in [0.3, 0.4) is 0 Å². The van der Waals surface area contributed by atoms with Crippen LogP contribution in [0.5, 0.6) is 0 Å². The molecule has 1 saturated heterocycles. The third kappa shape index (κ3) is 4.67. The number of cyclic esters (lactones) is 1. The highest BCUT2D eigenvalue weighted by atomic mass is 16.6. The number of esters is 1. The maximum Gasteiger partial charge on any atom is 0.308 e. The Balaban J connectivity index is 1.22. The number of carbonyl (C=O) groups excluding carboxylic acids is 1. The number of hydrogen-bond acceptors (Lipinski definition) is 6. The summed E-state index contributed by atoms with van der Waals surface area (Å²) in [6.45, 7) is 9.56. The Labute approximate surface area is 217 Å². The first-order valence-corrected chi connectivity index (χ1v) is 14.8. The molecule has 0 amide bonds. The van der Waals surface area contributed by atoms with Crippen LogP contribution in [0.25, 0.3) is 0 Å². The second kappa shape index (κ2) is 9.81. The molecule has 0 radical (unpaired) electrons. The molecular weight excluding hydrogens is 456 g/mol. The van der Waals surface area contributed by atoms with Crippen molar-refractivity contribution in [1.82, 2.24) is 0 Å². The number of fused-ring (bicyclic) bond motifs is 5. The van der Waals surface area contributed by atoms with Crippen molar-refractivity contribution in [2.45, 2.75) is 129 Å². The van der Waals surface area contributed by atoms with Crippen LogP contribution in [0, 0.1) is 46.3 Å². The van der Waals surface area contributed by atoms with Crippen molar-refractivity contribution in [3.8, 4) is 0 Å². The van der Waals surface area contributed by atoms with Gasteiger partial charge in [-0.25, -0.2) is 0 Å². The van der Waals surface area contributed by atoms with Crippen LogP contribution in [-0.2, 0) is 14.3 Å². The maximum atomic E-state index is 11.7. The molecule has 0 aromatic rings. The number of aliphatic hydroxyl groups excluding tert-OH is 3. The van der Waals surface area contributed by atoms with Crippen LogP contribution in [0.4, 0.5) is 0 Å². The fraction of sp³-hybridized carbons (Fsp3) is 0.967. The van der Waals surface area contributed by atoms with Gasteiger partial charge in [-0.15, -0.1) is 0 Å². The SMILES string of the molecule is CC(CCC(O)OC1(C)CCOC(=O)C1)C1CCC2C3C(O)CC4CC(O)CCC4(C)C3CCC12C. The smallest absolute Gasteiger partial charge is 0.308 e. The first-order chi connectivity index (χ1) is 16.9. The average Bonchev–Trinajstić information content (AvgIpc) is 3.15. The molecule has 36 heavy (non-hydrogen) atoms. The van der Waals surface area contributed by atoms with Gasteiger partial charge in [0.25, 0.3) is 0 Å². The standard InChI is InChI=1S/C30H50O6/c1-18(5-8-25(33)36-28(2)13-14-35-26(34)17-28)21-6-7-22-27-23(10-12-30(21,22)4)29(3)11-9-20(31)15-19(29)16-24(27)32/h18-25,27,31-33H,5-17H2,1-4H3. The molecule has 4 saturated carbocycles. The van der Waals surface area contributed by atoms with E-state index in [9.17, 15) is 20.1 Å². The van der Waals surface area contributed by atoms with Crippen LogP contribution < -0.4 is 0 Å². The molecule has 0 aromatic carbocycles. The quantitative estimate of drug-likeness (QED) is 0.353. The summed E-state index contributed by atoms with van der Waals surface area (Å²) in [7, 11) is 0. The predicted molar refractivity (Wildman–Crippen MR) is 137 cm³/mol. The average molecular weight is 507 g/mol. The van der Waals surface area contributed by atoms with Crippen molar-refractivity contribution in [3.63, 3.8) is 0 Å². The van der Waals surface area contributed by atoms with Crippen LogP contribution in [0.15, 0.2) is 0 Å². The summed E-state index contributed by atoms with van der Waals surface area (Å²) in [6.07, 6.45) is 9.59. The molecule has 0 spiro atoms. The Bertz CT molecular complexity index is 817. The van der Waals surface area contributed by atoms with Crippen LogP contribution in [-0.4, -0.2) is 52.0 Å². The lowest BCUT2D eigenvalue weighted by atomic mass is 9.43. The highest BCUT2D eigenvalue weighted by molar-refractivity contribution is 5.71. The Morgan fingerprint density at radius 3 is 2.44 bits per heavy atom. The second-order valence-electron chi connectivity index (χ2n) is 14.2. The molecule has 6 heteroatoms. The Morgan fingerprint density at radius 1 is 0.972 bits per heavy atom. The van der Waals surface area contributed by atoms with Crippen molar-refractivity contribution >= 4 is 5.97 Å². The van der Waals surface area contributed by atoms with Crippen molar-refractivity contribution in [1.29, 1.82) is 0 Å². The van der Waals surface area contributed by atoms with Gasteiger partial charge in [0.05, 0.1) is 30.8 Å². The molecule has 5 aliphatic rings. The summed E-state index contributed by atoms with van der Waals surface area (Å²) in [4.78, 5) is 11.7. The minimum atomic E-state index is -0.859. The topological polar surface area (TPSA) is 96.2 Å². The number of hydrogen-bond donors (Lipinski definition) is 3. The van der Waals surface area contributed by atoms with E-state index in [-0.39, 0.29) is 35.4 Å². The second-order valence-corrected chi connectivity index (χ2v) is 14.2.